The Morgan fingerprint density at radius 1 is 1.15 bits per heavy atom. The van der Waals surface area contributed by atoms with Crippen molar-refractivity contribution in [2.75, 3.05) is 11.3 Å². The van der Waals surface area contributed by atoms with Crippen molar-refractivity contribution < 1.29 is 31.3 Å². The van der Waals surface area contributed by atoms with Gasteiger partial charge in [-0.25, -0.2) is 13.8 Å². The fourth-order valence-electron chi connectivity index (χ4n) is 3.22. The summed E-state index contributed by atoms with van der Waals surface area (Å²) in [6, 6.07) is 8.32. The molecule has 5 nitrogen and oxygen atoms in total. The lowest BCUT2D eigenvalue weighted by molar-refractivity contribution is -0.0929. The van der Waals surface area contributed by atoms with Crippen LogP contribution >= 0.6 is 23.4 Å². The molecule has 0 atom stereocenters. The molecule has 3 aromatic rings. The van der Waals surface area contributed by atoms with Crippen molar-refractivity contribution >= 4 is 46.5 Å². The van der Waals surface area contributed by atoms with Crippen LogP contribution in [-0.2, 0) is 0 Å². The molecule has 0 aliphatic heterocycles. The molecule has 0 spiro atoms. The van der Waals surface area contributed by atoms with Gasteiger partial charge in [-0.1, -0.05) is 46.7 Å². The highest BCUT2D eigenvalue weighted by Crippen LogP contribution is 2.42. The summed E-state index contributed by atoms with van der Waals surface area (Å²) in [7, 11) is 0. The summed E-state index contributed by atoms with van der Waals surface area (Å²) in [5.41, 5.74) is -3.81. The van der Waals surface area contributed by atoms with Crippen LogP contribution in [0, 0.1) is 11.6 Å². The quantitative estimate of drug-likeness (QED) is 0.197. The minimum Gasteiger partial charge on any atom is -0.355 e. The molecule has 0 radical (unpaired) electrons. The standard InChI is InChI=1S/C22H15ClF5N3O2S/c1-11(20(22(26,27)28)31(29-2)15-10-5-4-8-13(15)24)19-17(21(32)34-3)18(30-33-19)16-12(23)7-6-9-14(16)25/h4-10H,2H2,1,3H3/b20-11+. The Morgan fingerprint density at radius 2 is 1.79 bits per heavy atom. The van der Waals surface area contributed by atoms with E-state index >= 15 is 0 Å². The van der Waals surface area contributed by atoms with E-state index < -0.39 is 51.2 Å². The molecule has 1 aromatic heterocycles. The van der Waals surface area contributed by atoms with Gasteiger partial charge >= 0.3 is 6.18 Å². The fourth-order valence-corrected chi connectivity index (χ4v) is 3.87. The summed E-state index contributed by atoms with van der Waals surface area (Å²) >= 11 is 6.72. The number of anilines is 1. The van der Waals surface area contributed by atoms with Crippen LogP contribution in [0.2, 0.25) is 5.02 Å². The van der Waals surface area contributed by atoms with Crippen molar-refractivity contribution in [3.8, 4) is 11.3 Å². The number of halogens is 6. The van der Waals surface area contributed by atoms with Gasteiger partial charge in [0, 0.05) is 12.3 Å². The Hall–Kier alpha value is -3.18. The second kappa shape index (κ2) is 9.98. The van der Waals surface area contributed by atoms with Gasteiger partial charge in [-0.3, -0.25) is 4.79 Å². The molecule has 0 saturated carbocycles. The molecule has 0 bridgehead atoms. The number of para-hydroxylation sites is 1. The number of nitrogens with zero attached hydrogens (tertiary/aromatic N) is 3. The second-order valence-corrected chi connectivity index (χ2v) is 7.89. The van der Waals surface area contributed by atoms with E-state index in [1.165, 1.54) is 30.5 Å². The number of allylic oxidation sites excluding steroid dienone is 2. The van der Waals surface area contributed by atoms with Gasteiger partial charge in [-0.05, 0) is 37.4 Å². The first kappa shape index (κ1) is 25.4. The topological polar surface area (TPSA) is 58.7 Å². The Bertz CT molecular complexity index is 1270. The van der Waals surface area contributed by atoms with Crippen molar-refractivity contribution in [1.29, 1.82) is 0 Å². The smallest absolute Gasteiger partial charge is 0.355 e. The Labute approximate surface area is 199 Å². The fraction of sp³-hybridized carbons (Fsp3) is 0.136. The molecule has 0 saturated heterocycles. The largest absolute Gasteiger partial charge is 0.433 e. The zero-order chi connectivity index (χ0) is 25.2. The lowest BCUT2D eigenvalue weighted by Crippen LogP contribution is -2.29. The van der Waals surface area contributed by atoms with E-state index in [0.29, 0.717) is 11.8 Å². The van der Waals surface area contributed by atoms with E-state index in [1.807, 2.05) is 0 Å². The Kier molecular flexibility index (Phi) is 7.47. The van der Waals surface area contributed by atoms with Gasteiger partial charge < -0.3 is 4.52 Å². The maximum Gasteiger partial charge on any atom is 0.433 e. The first-order valence-corrected chi connectivity index (χ1v) is 10.9. The van der Waals surface area contributed by atoms with Gasteiger partial charge in [-0.2, -0.15) is 18.3 Å². The zero-order valence-corrected chi connectivity index (χ0v) is 19.2. The van der Waals surface area contributed by atoms with E-state index in [1.54, 1.807) is 0 Å². The summed E-state index contributed by atoms with van der Waals surface area (Å²) < 4.78 is 76.7. The molecule has 0 unspecified atom stereocenters. The monoisotopic (exact) mass is 515 g/mol. The number of carbonyl (C=O) groups excluding carboxylic acids is 1. The third kappa shape index (κ3) is 4.71. The van der Waals surface area contributed by atoms with Crippen molar-refractivity contribution in [1.82, 2.24) is 5.16 Å². The Balaban J connectivity index is 2.36. The number of carbonyl (C=O) groups is 1. The maximum absolute atomic E-state index is 14.5. The van der Waals surface area contributed by atoms with Gasteiger partial charge in [0.1, 0.15) is 28.6 Å². The third-order valence-corrected chi connectivity index (χ3v) is 5.57. The SMILES string of the molecule is C=NN(/C(=C(\C)c1onc(-c2c(F)cccc2Cl)c1C(=O)SC)C(F)(F)F)c1ccccc1F. The Morgan fingerprint density at radius 3 is 2.35 bits per heavy atom. The molecule has 2 aromatic carbocycles. The van der Waals surface area contributed by atoms with E-state index in [0.717, 1.165) is 25.1 Å². The highest BCUT2D eigenvalue weighted by atomic mass is 35.5. The number of hydrogen-bond acceptors (Lipinski definition) is 6. The molecule has 34 heavy (non-hydrogen) atoms. The van der Waals surface area contributed by atoms with Gasteiger partial charge in [-0.15, -0.1) is 0 Å². The molecule has 0 aliphatic carbocycles. The average Bonchev–Trinajstić information content (AvgIpc) is 3.21. The number of alkyl halides is 3. The number of rotatable bonds is 6. The number of benzene rings is 2. The molecular formula is C22H15ClF5N3O2S. The minimum atomic E-state index is -5.10. The molecule has 0 N–H and O–H groups in total. The maximum atomic E-state index is 14.5. The predicted octanol–water partition coefficient (Wildman–Crippen LogP) is 7.19. The van der Waals surface area contributed by atoms with Gasteiger partial charge in [0.05, 0.1) is 10.6 Å². The number of hydrazone groups is 1. The molecular weight excluding hydrogens is 501 g/mol. The van der Waals surface area contributed by atoms with Crippen molar-refractivity contribution in [3.63, 3.8) is 0 Å². The first-order valence-electron chi connectivity index (χ1n) is 9.35. The van der Waals surface area contributed by atoms with Crippen molar-refractivity contribution in [3.05, 3.63) is 76.1 Å². The summed E-state index contributed by atoms with van der Waals surface area (Å²) in [6.45, 7) is 4.12. The summed E-state index contributed by atoms with van der Waals surface area (Å²) in [5, 5.41) is 6.38. The lowest BCUT2D eigenvalue weighted by Gasteiger charge is -2.25. The van der Waals surface area contributed by atoms with Crippen LogP contribution in [-0.4, -0.2) is 29.4 Å². The van der Waals surface area contributed by atoms with Gasteiger partial charge in [0.25, 0.3) is 0 Å². The zero-order valence-electron chi connectivity index (χ0n) is 17.6. The van der Waals surface area contributed by atoms with E-state index in [-0.39, 0.29) is 21.3 Å². The van der Waals surface area contributed by atoms with Crippen LogP contribution in [0.1, 0.15) is 23.0 Å². The highest BCUT2D eigenvalue weighted by molar-refractivity contribution is 8.13. The number of hydrogen-bond donors (Lipinski definition) is 0. The van der Waals surface area contributed by atoms with Crippen LogP contribution < -0.4 is 5.01 Å². The lowest BCUT2D eigenvalue weighted by atomic mass is 10.0. The number of thioether (sulfide) groups is 1. The van der Waals surface area contributed by atoms with E-state index in [9.17, 15) is 26.7 Å². The van der Waals surface area contributed by atoms with E-state index in [2.05, 4.69) is 17.0 Å². The molecule has 3 rings (SSSR count). The normalized spacial score (nSPS) is 12.4. The molecule has 178 valence electrons. The van der Waals surface area contributed by atoms with Crippen LogP contribution in [0.25, 0.3) is 16.8 Å². The third-order valence-electron chi connectivity index (χ3n) is 4.68. The molecule has 0 fully saturated rings. The highest BCUT2D eigenvalue weighted by Gasteiger charge is 2.43. The van der Waals surface area contributed by atoms with Crippen molar-refractivity contribution in [2.45, 2.75) is 13.1 Å². The second-order valence-electron chi connectivity index (χ2n) is 6.70. The number of aromatic nitrogens is 1. The average molecular weight is 516 g/mol. The van der Waals surface area contributed by atoms with Gasteiger partial charge in [0.15, 0.2) is 11.5 Å². The summed E-state index contributed by atoms with van der Waals surface area (Å²) in [5.74, 6) is -2.46. The van der Waals surface area contributed by atoms with Crippen LogP contribution in [0.3, 0.4) is 0 Å². The van der Waals surface area contributed by atoms with Crippen LogP contribution in [0.5, 0.6) is 0 Å². The summed E-state index contributed by atoms with van der Waals surface area (Å²) in [6.07, 6.45) is -3.72. The predicted molar refractivity (Wildman–Crippen MR) is 122 cm³/mol. The molecule has 0 amide bonds. The van der Waals surface area contributed by atoms with Gasteiger partial charge in [0.2, 0.25) is 5.12 Å². The van der Waals surface area contributed by atoms with Crippen molar-refractivity contribution in [2.24, 2.45) is 5.10 Å². The summed E-state index contributed by atoms with van der Waals surface area (Å²) in [4.78, 5) is 12.7. The molecule has 12 heteroatoms. The van der Waals surface area contributed by atoms with Crippen LogP contribution in [0.15, 0.2) is 57.8 Å². The van der Waals surface area contributed by atoms with E-state index in [4.69, 9.17) is 16.1 Å². The minimum absolute atomic E-state index is 0.131. The first-order chi connectivity index (χ1) is 16.0. The van der Waals surface area contributed by atoms with Crippen LogP contribution in [0.4, 0.5) is 27.6 Å². The molecule has 0 aliphatic rings. The molecule has 1 heterocycles.